The van der Waals surface area contributed by atoms with Crippen LogP contribution in [0.5, 0.6) is 0 Å². The number of hydrogen-bond acceptors (Lipinski definition) is 8. The summed E-state index contributed by atoms with van der Waals surface area (Å²) in [5.41, 5.74) is -0.791. The van der Waals surface area contributed by atoms with Crippen LogP contribution in [0.3, 0.4) is 0 Å². The molecule has 0 spiro atoms. The van der Waals surface area contributed by atoms with Gasteiger partial charge in [-0.1, -0.05) is 0 Å². The van der Waals surface area contributed by atoms with Gasteiger partial charge in [0.15, 0.2) is 0 Å². The third kappa shape index (κ3) is 6.17. The number of anilines is 2. The highest BCUT2D eigenvalue weighted by Gasteiger charge is 2.36. The number of ether oxygens (including phenoxy) is 2. The number of aromatic amines is 1. The van der Waals surface area contributed by atoms with E-state index in [2.05, 4.69) is 25.3 Å². The second-order valence-corrected chi connectivity index (χ2v) is 8.85. The van der Waals surface area contributed by atoms with Gasteiger partial charge in [-0.25, -0.2) is 9.83 Å². The number of aromatic nitrogens is 3. The number of hydrogen-bond donors (Lipinski definition) is 2. The number of halogens is 3. The van der Waals surface area contributed by atoms with Gasteiger partial charge in [0.2, 0.25) is 5.91 Å². The largest absolute Gasteiger partial charge is 0.417 e. The normalized spacial score (nSPS) is 18.3. The van der Waals surface area contributed by atoms with Crippen molar-refractivity contribution >= 4 is 23.1 Å². The smallest absolute Gasteiger partial charge is 0.387 e. The van der Waals surface area contributed by atoms with E-state index in [4.69, 9.17) is 16.0 Å². The molecule has 2 atom stereocenters. The number of carbonyl (C=O) groups excluding carboxylic acids is 1. The third-order valence-electron chi connectivity index (χ3n) is 6.12. The fraction of sp³-hybridized carbons (Fsp3) is 0.522. The molecule has 11 nitrogen and oxygen atoms in total. The van der Waals surface area contributed by atoms with Crippen molar-refractivity contribution in [1.82, 2.24) is 20.1 Å². The van der Waals surface area contributed by atoms with Crippen molar-refractivity contribution in [3.05, 3.63) is 51.4 Å². The van der Waals surface area contributed by atoms with Crippen LogP contribution in [0.1, 0.15) is 24.5 Å². The Morgan fingerprint density at radius 1 is 1.41 bits per heavy atom. The van der Waals surface area contributed by atoms with E-state index in [0.29, 0.717) is 36.7 Å². The molecule has 2 aliphatic rings. The fourth-order valence-corrected chi connectivity index (χ4v) is 4.32. The van der Waals surface area contributed by atoms with Crippen molar-refractivity contribution < 1.29 is 27.4 Å². The van der Waals surface area contributed by atoms with Crippen molar-refractivity contribution in [2.45, 2.75) is 38.2 Å². The van der Waals surface area contributed by atoms with E-state index in [0.717, 1.165) is 12.3 Å². The van der Waals surface area contributed by atoms with Crippen molar-refractivity contribution in [1.29, 1.82) is 0 Å². The molecule has 37 heavy (non-hydrogen) atoms. The Kier molecular flexibility index (Phi) is 7.94. The standard InChI is InChI=1S/C23H26F3N7O4/c1-14(30-18-9-29-31-22(35)20(18)27-2)11-36-6-3-19(34)32-4-5-33-17(10-32)13-37-12-15-7-16(23(24,25)26)8-28-21(15)33/h7-9,14,17H,3-6,10-13H2,1H3,(H2,30,31,35)/t14-,17+/m0/s1. The Hall–Kier alpha value is -3.70. The van der Waals surface area contributed by atoms with E-state index in [1.165, 1.54) is 6.20 Å². The number of nitrogens with one attached hydrogen (secondary N) is 2. The highest BCUT2D eigenvalue weighted by atomic mass is 19.4. The Bertz CT molecular complexity index is 1230. The molecule has 2 aromatic rings. The molecule has 14 heteroatoms. The number of nitrogens with zero attached hydrogens (tertiary/aromatic N) is 5. The number of piperazine rings is 1. The molecule has 198 valence electrons. The minimum absolute atomic E-state index is 0.0259. The predicted octanol–water partition coefficient (Wildman–Crippen LogP) is 2.19. The van der Waals surface area contributed by atoms with E-state index < -0.39 is 17.3 Å². The van der Waals surface area contributed by atoms with Crippen LogP contribution < -0.4 is 15.8 Å². The van der Waals surface area contributed by atoms with Crippen LogP contribution in [-0.4, -0.2) is 77.5 Å². The molecule has 4 heterocycles. The molecule has 0 saturated carbocycles. The molecule has 0 aromatic carbocycles. The van der Waals surface area contributed by atoms with Gasteiger partial charge in [0.05, 0.1) is 62.9 Å². The van der Waals surface area contributed by atoms with Crippen LogP contribution in [0, 0.1) is 6.57 Å². The van der Waals surface area contributed by atoms with Crippen LogP contribution >= 0.6 is 0 Å². The predicted molar refractivity (Wildman–Crippen MR) is 126 cm³/mol. The van der Waals surface area contributed by atoms with Crippen molar-refractivity contribution in [3.63, 3.8) is 0 Å². The Morgan fingerprint density at radius 3 is 2.97 bits per heavy atom. The maximum absolute atomic E-state index is 13.1. The molecule has 0 unspecified atom stereocenters. The van der Waals surface area contributed by atoms with Gasteiger partial charge in [-0.3, -0.25) is 14.7 Å². The van der Waals surface area contributed by atoms with Crippen LogP contribution in [0.4, 0.5) is 30.4 Å². The second-order valence-electron chi connectivity index (χ2n) is 8.85. The number of pyridine rings is 1. The molecule has 4 rings (SSSR count). The number of amides is 1. The highest BCUT2D eigenvalue weighted by molar-refractivity contribution is 5.76. The molecule has 0 radical (unpaired) electrons. The molecule has 0 aliphatic carbocycles. The van der Waals surface area contributed by atoms with E-state index in [-0.39, 0.29) is 56.5 Å². The number of fused-ring (bicyclic) bond motifs is 3. The SMILES string of the molecule is [C-]#[N+]c1c(N[C@@H](C)COCCC(=O)N2CCN3c4ncc(C(F)(F)F)cc4COC[C@H]3C2)cn[nH]c1=O. The fourth-order valence-electron chi connectivity index (χ4n) is 4.32. The third-order valence-corrected chi connectivity index (χ3v) is 6.12. The lowest BCUT2D eigenvalue weighted by molar-refractivity contribution is -0.138. The number of carbonyl (C=O) groups is 1. The maximum Gasteiger partial charge on any atom is 0.417 e. The highest BCUT2D eigenvalue weighted by Crippen LogP contribution is 2.34. The van der Waals surface area contributed by atoms with Gasteiger partial charge in [-0.2, -0.15) is 18.3 Å². The average molecular weight is 522 g/mol. The van der Waals surface area contributed by atoms with Gasteiger partial charge in [0.1, 0.15) is 5.82 Å². The van der Waals surface area contributed by atoms with Crippen molar-refractivity contribution in [2.24, 2.45) is 0 Å². The quantitative estimate of drug-likeness (QED) is 0.421. The molecule has 1 fully saturated rings. The zero-order chi connectivity index (χ0) is 26.6. The summed E-state index contributed by atoms with van der Waals surface area (Å²) in [6, 6.07) is 0.619. The summed E-state index contributed by atoms with van der Waals surface area (Å²) in [5, 5.41) is 8.89. The van der Waals surface area contributed by atoms with E-state index >= 15 is 0 Å². The lowest BCUT2D eigenvalue weighted by Crippen LogP contribution is -2.56. The summed E-state index contributed by atoms with van der Waals surface area (Å²) in [6.07, 6.45) is -2.13. The molecule has 1 saturated heterocycles. The van der Waals surface area contributed by atoms with Crippen LogP contribution in [0.2, 0.25) is 0 Å². The number of rotatable bonds is 7. The summed E-state index contributed by atoms with van der Waals surface area (Å²) in [6.45, 7) is 10.9. The van der Waals surface area contributed by atoms with Gasteiger partial charge < -0.3 is 24.6 Å². The maximum atomic E-state index is 13.1. The lowest BCUT2D eigenvalue weighted by atomic mass is 10.1. The summed E-state index contributed by atoms with van der Waals surface area (Å²) in [5.74, 6) is 0.364. The summed E-state index contributed by atoms with van der Waals surface area (Å²) in [4.78, 5) is 35.3. The molecule has 1 amide bonds. The average Bonchev–Trinajstić information content (AvgIpc) is 3.04. The molecule has 0 bridgehead atoms. The Labute approximate surface area is 210 Å². The van der Waals surface area contributed by atoms with Crippen molar-refractivity contribution in [2.75, 3.05) is 49.7 Å². The molecule has 2 aliphatic heterocycles. The van der Waals surface area contributed by atoms with Gasteiger partial charge in [-0.05, 0) is 13.0 Å². The topological polar surface area (TPSA) is 117 Å². The number of H-pyrrole nitrogens is 1. The van der Waals surface area contributed by atoms with E-state index in [1.807, 2.05) is 11.8 Å². The Morgan fingerprint density at radius 2 is 2.22 bits per heavy atom. The van der Waals surface area contributed by atoms with Gasteiger partial charge in [-0.15, -0.1) is 0 Å². The first-order chi connectivity index (χ1) is 17.7. The van der Waals surface area contributed by atoms with Gasteiger partial charge >= 0.3 is 6.18 Å². The van der Waals surface area contributed by atoms with Crippen LogP contribution in [-0.2, 0) is 27.1 Å². The monoisotopic (exact) mass is 521 g/mol. The van der Waals surface area contributed by atoms with Crippen molar-refractivity contribution in [3.8, 4) is 0 Å². The first kappa shape index (κ1) is 26.4. The van der Waals surface area contributed by atoms with Gasteiger partial charge in [0.25, 0.3) is 11.2 Å². The van der Waals surface area contributed by atoms with Gasteiger partial charge in [0, 0.05) is 37.4 Å². The molecule has 2 aromatic heterocycles. The number of alkyl halides is 3. The zero-order valence-electron chi connectivity index (χ0n) is 20.0. The minimum Gasteiger partial charge on any atom is -0.387 e. The first-order valence-electron chi connectivity index (χ1n) is 11.6. The van der Waals surface area contributed by atoms with E-state index in [1.54, 1.807) is 4.90 Å². The minimum atomic E-state index is -4.48. The summed E-state index contributed by atoms with van der Waals surface area (Å²) in [7, 11) is 0. The van der Waals surface area contributed by atoms with Crippen LogP contribution in [0.15, 0.2) is 23.3 Å². The van der Waals surface area contributed by atoms with E-state index in [9.17, 15) is 22.8 Å². The lowest BCUT2D eigenvalue weighted by Gasteiger charge is -2.41. The van der Waals surface area contributed by atoms with Crippen LogP contribution in [0.25, 0.3) is 4.85 Å². The molecule has 2 N–H and O–H groups in total. The summed E-state index contributed by atoms with van der Waals surface area (Å²) >= 11 is 0. The Balaban J connectivity index is 1.26. The summed E-state index contributed by atoms with van der Waals surface area (Å²) < 4.78 is 50.4. The second kappa shape index (κ2) is 11.1. The molecular weight excluding hydrogens is 495 g/mol. The zero-order valence-corrected chi connectivity index (χ0v) is 20.0. The molecular formula is C23H26F3N7O4. The first-order valence-corrected chi connectivity index (χ1v) is 11.6.